The van der Waals surface area contributed by atoms with Crippen molar-refractivity contribution in [1.29, 1.82) is 0 Å². The molecule has 1 heterocycles. The first kappa shape index (κ1) is 20.6. The molecule has 28 heavy (non-hydrogen) atoms. The number of amides is 1. The van der Waals surface area contributed by atoms with Crippen LogP contribution in [0.3, 0.4) is 0 Å². The third kappa shape index (κ3) is 3.86. The molecule has 0 saturated heterocycles. The summed E-state index contributed by atoms with van der Waals surface area (Å²) in [5.41, 5.74) is -3.58. The van der Waals surface area contributed by atoms with Crippen molar-refractivity contribution in [3.63, 3.8) is 0 Å². The van der Waals surface area contributed by atoms with E-state index in [-0.39, 0.29) is 22.7 Å². The number of hydrogen-bond acceptors (Lipinski definition) is 4. The summed E-state index contributed by atoms with van der Waals surface area (Å²) >= 11 is 11.1. The minimum absolute atomic E-state index is 0.0301. The lowest BCUT2D eigenvalue weighted by atomic mass is 9.92. The van der Waals surface area contributed by atoms with E-state index in [1.54, 1.807) is 0 Å². The standard InChI is InChI=1S/C17H12Cl2F4N2O3/c18-10-3-9(4-11(20)6-10)13-7-16(28-25-13,17(21,22)23)15(27)24-12-2-1-8(5-12)14(19)26/h1-4,6,8,12H,5,7H2,(H,24,27)/t8-,12+,16?/m1/s1. The van der Waals surface area contributed by atoms with Gasteiger partial charge >= 0.3 is 11.8 Å². The number of rotatable bonds is 4. The largest absolute Gasteiger partial charge is 0.440 e. The molecule has 5 nitrogen and oxygen atoms in total. The summed E-state index contributed by atoms with van der Waals surface area (Å²) in [7, 11) is 0. The lowest BCUT2D eigenvalue weighted by molar-refractivity contribution is -0.259. The van der Waals surface area contributed by atoms with Gasteiger partial charge in [0, 0.05) is 16.6 Å². The highest BCUT2D eigenvalue weighted by atomic mass is 35.5. The van der Waals surface area contributed by atoms with Crippen molar-refractivity contribution in [3.05, 3.63) is 46.8 Å². The van der Waals surface area contributed by atoms with Crippen LogP contribution < -0.4 is 5.32 Å². The minimum atomic E-state index is -5.11. The first-order chi connectivity index (χ1) is 13.0. The van der Waals surface area contributed by atoms with E-state index >= 15 is 0 Å². The molecule has 150 valence electrons. The van der Waals surface area contributed by atoms with E-state index in [0.29, 0.717) is 0 Å². The van der Waals surface area contributed by atoms with E-state index in [2.05, 4.69) is 15.3 Å². The molecule has 1 aliphatic heterocycles. The Morgan fingerprint density at radius 1 is 1.25 bits per heavy atom. The SMILES string of the molecule is O=C(Cl)[C@@H]1C=C[C@H](NC(=O)C2(C(F)(F)F)CC(c3cc(F)cc(Cl)c3)=NO2)C1. The van der Waals surface area contributed by atoms with Gasteiger partial charge in [0.25, 0.3) is 5.91 Å². The van der Waals surface area contributed by atoms with Crippen molar-refractivity contribution in [2.45, 2.75) is 30.7 Å². The van der Waals surface area contributed by atoms with Crippen molar-refractivity contribution in [1.82, 2.24) is 5.32 Å². The number of halogens is 6. The Hall–Kier alpha value is -2.13. The summed E-state index contributed by atoms with van der Waals surface area (Å²) in [4.78, 5) is 28.2. The number of carbonyl (C=O) groups excluding carboxylic acids is 2. The van der Waals surface area contributed by atoms with E-state index in [9.17, 15) is 27.2 Å². The van der Waals surface area contributed by atoms with Crippen LogP contribution in [0, 0.1) is 11.7 Å². The Balaban J connectivity index is 1.81. The summed E-state index contributed by atoms with van der Waals surface area (Å²) in [6, 6.07) is 2.31. The zero-order valence-corrected chi connectivity index (χ0v) is 15.4. The second-order valence-corrected chi connectivity index (χ2v) is 7.21. The van der Waals surface area contributed by atoms with E-state index in [1.807, 2.05) is 0 Å². The Kier molecular flexibility index (Phi) is 5.42. The lowest BCUT2D eigenvalue weighted by Gasteiger charge is -2.28. The monoisotopic (exact) mass is 438 g/mol. The van der Waals surface area contributed by atoms with Crippen LogP contribution in [0.25, 0.3) is 0 Å². The second kappa shape index (κ2) is 7.36. The highest BCUT2D eigenvalue weighted by Crippen LogP contribution is 2.42. The summed E-state index contributed by atoms with van der Waals surface area (Å²) in [5.74, 6) is -2.94. The maximum Gasteiger partial charge on any atom is 0.440 e. The van der Waals surface area contributed by atoms with Crippen LogP contribution in [-0.4, -0.2) is 34.7 Å². The van der Waals surface area contributed by atoms with Gasteiger partial charge in [0.15, 0.2) is 0 Å². The van der Waals surface area contributed by atoms with Crippen LogP contribution in [0.4, 0.5) is 17.6 Å². The van der Waals surface area contributed by atoms with Crippen LogP contribution >= 0.6 is 23.2 Å². The zero-order valence-electron chi connectivity index (χ0n) is 13.9. The molecule has 0 fully saturated rings. The van der Waals surface area contributed by atoms with Crippen molar-refractivity contribution in [3.8, 4) is 0 Å². The lowest BCUT2D eigenvalue weighted by Crippen LogP contribution is -2.58. The van der Waals surface area contributed by atoms with Gasteiger partial charge < -0.3 is 10.2 Å². The van der Waals surface area contributed by atoms with E-state index < -0.39 is 47.1 Å². The molecular formula is C17H12Cl2F4N2O3. The fourth-order valence-corrected chi connectivity index (χ4v) is 3.35. The number of carbonyl (C=O) groups is 2. The Morgan fingerprint density at radius 2 is 1.96 bits per heavy atom. The van der Waals surface area contributed by atoms with E-state index in [0.717, 1.165) is 12.1 Å². The molecule has 0 aromatic heterocycles. The number of nitrogens with one attached hydrogen (secondary N) is 1. The van der Waals surface area contributed by atoms with Gasteiger partial charge in [-0.25, -0.2) is 4.39 Å². The van der Waals surface area contributed by atoms with E-state index in [1.165, 1.54) is 18.2 Å². The topological polar surface area (TPSA) is 67.8 Å². The molecular weight excluding hydrogens is 427 g/mol. The van der Waals surface area contributed by atoms with Gasteiger partial charge in [-0.15, -0.1) is 0 Å². The van der Waals surface area contributed by atoms with Gasteiger partial charge in [-0.2, -0.15) is 13.2 Å². The van der Waals surface area contributed by atoms with Crippen LogP contribution in [0.2, 0.25) is 5.02 Å². The average Bonchev–Trinajstić information content (AvgIpc) is 3.21. The number of allylic oxidation sites excluding steroid dienone is 1. The third-order valence-corrected chi connectivity index (χ3v) is 4.94. The molecule has 1 aliphatic carbocycles. The summed E-state index contributed by atoms with van der Waals surface area (Å²) < 4.78 is 54.7. The molecule has 3 rings (SSSR count). The Bertz CT molecular complexity index is 867. The molecule has 1 unspecified atom stereocenters. The molecule has 0 spiro atoms. The predicted octanol–water partition coefficient (Wildman–Crippen LogP) is 3.73. The third-order valence-electron chi connectivity index (χ3n) is 4.44. The maximum absolute atomic E-state index is 13.7. The highest BCUT2D eigenvalue weighted by molar-refractivity contribution is 6.64. The van der Waals surface area contributed by atoms with Crippen molar-refractivity contribution in [2.24, 2.45) is 11.1 Å². The zero-order chi connectivity index (χ0) is 20.7. The van der Waals surface area contributed by atoms with Gasteiger partial charge in [-0.3, -0.25) is 9.59 Å². The number of hydrogen-bond donors (Lipinski definition) is 1. The molecule has 1 amide bonds. The van der Waals surface area contributed by atoms with Crippen LogP contribution in [0.15, 0.2) is 35.5 Å². The molecule has 1 N–H and O–H groups in total. The summed E-state index contributed by atoms with van der Waals surface area (Å²) in [6.45, 7) is 0. The molecule has 0 bridgehead atoms. The number of alkyl halides is 3. The molecule has 3 atom stereocenters. The molecule has 0 saturated carbocycles. The van der Waals surface area contributed by atoms with Crippen molar-refractivity contribution < 1.29 is 32.0 Å². The smallest absolute Gasteiger partial charge is 0.369 e. The fourth-order valence-electron chi connectivity index (χ4n) is 2.97. The van der Waals surface area contributed by atoms with Gasteiger partial charge in [0.05, 0.1) is 18.1 Å². The molecule has 1 aromatic carbocycles. The van der Waals surface area contributed by atoms with Gasteiger partial charge in [0.2, 0.25) is 5.24 Å². The normalized spacial score (nSPS) is 26.7. The van der Waals surface area contributed by atoms with Gasteiger partial charge in [-0.1, -0.05) is 28.9 Å². The molecule has 1 aromatic rings. The van der Waals surface area contributed by atoms with Crippen LogP contribution in [0.1, 0.15) is 18.4 Å². The first-order valence-corrected chi connectivity index (χ1v) is 8.74. The average molecular weight is 439 g/mol. The highest BCUT2D eigenvalue weighted by Gasteiger charge is 2.66. The molecule has 2 aliphatic rings. The summed E-state index contributed by atoms with van der Waals surface area (Å²) in [6.07, 6.45) is -3.24. The quantitative estimate of drug-likeness (QED) is 0.442. The molecule has 0 radical (unpaired) electrons. The summed E-state index contributed by atoms with van der Waals surface area (Å²) in [5, 5.41) is 4.84. The van der Waals surface area contributed by atoms with Crippen LogP contribution in [0.5, 0.6) is 0 Å². The van der Waals surface area contributed by atoms with Crippen LogP contribution in [-0.2, 0) is 14.4 Å². The molecule has 11 heteroatoms. The van der Waals surface area contributed by atoms with Gasteiger partial charge in [0.1, 0.15) is 5.82 Å². The Morgan fingerprint density at radius 3 is 2.54 bits per heavy atom. The minimum Gasteiger partial charge on any atom is -0.369 e. The maximum atomic E-state index is 13.7. The second-order valence-electron chi connectivity index (χ2n) is 6.40. The van der Waals surface area contributed by atoms with E-state index in [4.69, 9.17) is 23.2 Å². The van der Waals surface area contributed by atoms with Crippen molar-refractivity contribution in [2.75, 3.05) is 0 Å². The fraction of sp³-hybridized carbons (Fsp3) is 0.353. The number of nitrogens with zero attached hydrogens (tertiary/aromatic N) is 1. The first-order valence-electron chi connectivity index (χ1n) is 7.99. The number of oxime groups is 1. The van der Waals surface area contributed by atoms with Gasteiger partial charge in [-0.05, 0) is 36.2 Å². The predicted molar refractivity (Wildman–Crippen MR) is 92.5 cm³/mol. The van der Waals surface area contributed by atoms with Crippen molar-refractivity contribution >= 4 is 40.1 Å². The number of benzene rings is 1. The Labute approximate surface area is 166 Å².